The van der Waals surface area contributed by atoms with E-state index in [1.165, 1.54) is 12.8 Å². The molecule has 0 unspecified atom stereocenters. The maximum absolute atomic E-state index is 12.0. The van der Waals surface area contributed by atoms with E-state index in [9.17, 15) is 8.42 Å². The molecular weight excluding hydrogens is 264 g/mol. The number of rotatable bonds is 8. The van der Waals surface area contributed by atoms with Crippen LogP contribution in [0.4, 0.5) is 0 Å². The predicted octanol–water partition coefficient (Wildman–Crippen LogP) is 1.01. The van der Waals surface area contributed by atoms with E-state index in [-0.39, 0.29) is 11.3 Å². The van der Waals surface area contributed by atoms with Crippen molar-refractivity contribution in [2.24, 2.45) is 0 Å². The quantitative estimate of drug-likeness (QED) is 0.655. The summed E-state index contributed by atoms with van der Waals surface area (Å²) >= 11 is 0. The molecule has 5 nitrogen and oxygen atoms in total. The minimum atomic E-state index is -3.16. The van der Waals surface area contributed by atoms with Crippen molar-refractivity contribution in [2.45, 2.75) is 57.0 Å². The first-order valence-electron chi connectivity index (χ1n) is 7.32. The average Bonchev–Trinajstić information content (AvgIpc) is 3.12. The molecule has 0 aromatic heterocycles. The lowest BCUT2D eigenvalue weighted by Crippen LogP contribution is -2.50. The Bertz CT molecular complexity index is 373. The van der Waals surface area contributed by atoms with Crippen LogP contribution in [0.15, 0.2) is 0 Å². The van der Waals surface area contributed by atoms with Crippen molar-refractivity contribution in [3.8, 4) is 0 Å². The topological polar surface area (TPSA) is 67.4 Å². The van der Waals surface area contributed by atoms with Gasteiger partial charge in [0.1, 0.15) is 0 Å². The molecule has 2 fully saturated rings. The van der Waals surface area contributed by atoms with Gasteiger partial charge in [-0.1, -0.05) is 0 Å². The Morgan fingerprint density at radius 1 is 1.21 bits per heavy atom. The number of hydrogen-bond acceptors (Lipinski definition) is 4. The summed E-state index contributed by atoms with van der Waals surface area (Å²) < 4.78 is 32.2. The zero-order valence-electron chi connectivity index (χ0n) is 11.8. The zero-order valence-corrected chi connectivity index (χ0v) is 12.6. The lowest BCUT2D eigenvalue weighted by atomic mass is 9.94. The van der Waals surface area contributed by atoms with E-state index in [1.807, 2.05) is 6.92 Å². The monoisotopic (exact) mass is 290 g/mol. The molecule has 0 bridgehead atoms. The molecular formula is C13H26N2O3S. The third kappa shape index (κ3) is 5.77. The number of sulfonamides is 1. The van der Waals surface area contributed by atoms with Gasteiger partial charge in [-0.3, -0.25) is 0 Å². The van der Waals surface area contributed by atoms with E-state index in [0.717, 1.165) is 32.2 Å². The smallest absolute Gasteiger partial charge is 0.212 e. The molecule has 1 aliphatic carbocycles. The molecule has 2 aliphatic rings. The molecule has 2 rings (SSSR count). The van der Waals surface area contributed by atoms with Gasteiger partial charge < -0.3 is 10.1 Å². The summed E-state index contributed by atoms with van der Waals surface area (Å²) in [7, 11) is -3.16. The Hall–Kier alpha value is -0.170. The summed E-state index contributed by atoms with van der Waals surface area (Å²) in [6, 6.07) is 0.705. The minimum absolute atomic E-state index is 0.232. The molecule has 1 heterocycles. The van der Waals surface area contributed by atoms with E-state index in [0.29, 0.717) is 19.3 Å². The van der Waals surface area contributed by atoms with Crippen molar-refractivity contribution < 1.29 is 13.2 Å². The molecule has 2 N–H and O–H groups in total. The number of unbranched alkanes of at least 4 members (excludes halogenated alkanes) is 1. The third-order valence-corrected chi connectivity index (χ3v) is 5.48. The van der Waals surface area contributed by atoms with E-state index in [4.69, 9.17) is 4.74 Å². The second-order valence-electron chi connectivity index (χ2n) is 6.03. The first-order valence-corrected chi connectivity index (χ1v) is 8.97. The molecule has 0 spiro atoms. The van der Waals surface area contributed by atoms with Crippen LogP contribution in [0, 0.1) is 0 Å². The molecule has 19 heavy (non-hydrogen) atoms. The fraction of sp³-hybridized carbons (Fsp3) is 1.00. The Morgan fingerprint density at radius 2 is 1.89 bits per heavy atom. The van der Waals surface area contributed by atoms with Gasteiger partial charge in [-0.05, 0) is 52.0 Å². The molecule has 1 saturated heterocycles. The second-order valence-corrected chi connectivity index (χ2v) is 7.87. The van der Waals surface area contributed by atoms with Gasteiger partial charge in [0.2, 0.25) is 10.0 Å². The minimum Gasteiger partial charge on any atom is -0.381 e. The number of nitrogens with one attached hydrogen (secondary N) is 2. The van der Waals surface area contributed by atoms with Gasteiger partial charge in [-0.2, -0.15) is 0 Å². The average molecular weight is 290 g/mol. The first kappa shape index (κ1) is 15.2. The number of ether oxygens (including phenoxy) is 1. The summed E-state index contributed by atoms with van der Waals surface area (Å²) in [6.45, 7) is 4.20. The van der Waals surface area contributed by atoms with Gasteiger partial charge in [0.05, 0.1) is 5.75 Å². The first-order chi connectivity index (χ1) is 8.99. The van der Waals surface area contributed by atoms with Crippen molar-refractivity contribution in [1.29, 1.82) is 0 Å². The van der Waals surface area contributed by atoms with Gasteiger partial charge in [-0.25, -0.2) is 13.1 Å². The van der Waals surface area contributed by atoms with Crippen LogP contribution in [0.25, 0.3) is 0 Å². The molecule has 6 heteroatoms. The summed E-state index contributed by atoms with van der Waals surface area (Å²) in [6.07, 6.45) is 5.73. The molecule has 0 radical (unpaired) electrons. The van der Waals surface area contributed by atoms with Crippen molar-refractivity contribution in [3.05, 3.63) is 0 Å². The lowest BCUT2D eigenvalue weighted by Gasteiger charge is -2.34. The summed E-state index contributed by atoms with van der Waals surface area (Å²) in [4.78, 5) is 0. The highest BCUT2D eigenvalue weighted by molar-refractivity contribution is 7.89. The highest BCUT2D eigenvalue weighted by Crippen LogP contribution is 2.21. The largest absolute Gasteiger partial charge is 0.381 e. The molecule has 0 amide bonds. The fourth-order valence-electron chi connectivity index (χ4n) is 2.36. The van der Waals surface area contributed by atoms with Gasteiger partial charge in [0, 0.05) is 24.8 Å². The summed E-state index contributed by atoms with van der Waals surface area (Å²) in [5.74, 6) is 0.232. The molecule has 1 aliphatic heterocycles. The van der Waals surface area contributed by atoms with Crippen LogP contribution < -0.4 is 10.0 Å². The lowest BCUT2D eigenvalue weighted by molar-refractivity contribution is 0.0537. The molecule has 0 atom stereocenters. The highest BCUT2D eigenvalue weighted by Gasteiger charge is 2.31. The van der Waals surface area contributed by atoms with Crippen molar-refractivity contribution >= 4 is 10.0 Å². The van der Waals surface area contributed by atoms with E-state index in [2.05, 4.69) is 10.0 Å². The van der Waals surface area contributed by atoms with Gasteiger partial charge in [-0.15, -0.1) is 0 Å². The van der Waals surface area contributed by atoms with Crippen LogP contribution in [-0.4, -0.2) is 45.5 Å². The van der Waals surface area contributed by atoms with Crippen molar-refractivity contribution in [3.63, 3.8) is 0 Å². The number of hydrogen-bond donors (Lipinski definition) is 2. The normalized spacial score (nSPS) is 23.4. The van der Waals surface area contributed by atoms with E-state index >= 15 is 0 Å². The predicted molar refractivity (Wildman–Crippen MR) is 75.6 cm³/mol. The molecule has 0 aromatic carbocycles. The molecule has 1 saturated carbocycles. The standard InChI is InChI=1S/C13H26N2O3S/c1-13(6-9-18-10-7-13)15-19(16,17)11-3-2-8-14-12-4-5-12/h12,14-15H,2-11H2,1H3. The van der Waals surface area contributed by atoms with Crippen LogP contribution in [0.3, 0.4) is 0 Å². The van der Waals surface area contributed by atoms with Crippen molar-refractivity contribution in [2.75, 3.05) is 25.5 Å². The van der Waals surface area contributed by atoms with Gasteiger partial charge in [0.15, 0.2) is 0 Å². The van der Waals surface area contributed by atoms with Crippen LogP contribution in [0.2, 0.25) is 0 Å². The van der Waals surface area contributed by atoms with E-state index < -0.39 is 10.0 Å². The molecule has 112 valence electrons. The van der Waals surface area contributed by atoms with Crippen LogP contribution >= 0.6 is 0 Å². The Balaban J connectivity index is 1.65. The Morgan fingerprint density at radius 3 is 2.53 bits per heavy atom. The molecule has 0 aromatic rings. The maximum atomic E-state index is 12.0. The Labute approximate surface area is 116 Å². The fourth-order valence-corrected chi connectivity index (χ4v) is 4.00. The SMILES string of the molecule is CC1(NS(=O)(=O)CCCCNC2CC2)CCOCC1. The van der Waals surface area contributed by atoms with Gasteiger partial charge >= 0.3 is 0 Å². The van der Waals surface area contributed by atoms with Crippen LogP contribution in [0.1, 0.15) is 45.4 Å². The third-order valence-electron chi connectivity index (χ3n) is 3.85. The van der Waals surface area contributed by atoms with Gasteiger partial charge in [0.25, 0.3) is 0 Å². The maximum Gasteiger partial charge on any atom is 0.212 e. The van der Waals surface area contributed by atoms with E-state index in [1.54, 1.807) is 0 Å². The van der Waals surface area contributed by atoms with Crippen LogP contribution in [0.5, 0.6) is 0 Å². The highest BCUT2D eigenvalue weighted by atomic mass is 32.2. The Kier molecular flexibility index (Phi) is 5.22. The zero-order chi connectivity index (χ0) is 13.8. The van der Waals surface area contributed by atoms with Crippen LogP contribution in [-0.2, 0) is 14.8 Å². The van der Waals surface area contributed by atoms with Crippen molar-refractivity contribution in [1.82, 2.24) is 10.0 Å². The summed E-state index contributed by atoms with van der Waals surface area (Å²) in [5.41, 5.74) is -0.316. The summed E-state index contributed by atoms with van der Waals surface area (Å²) in [5, 5.41) is 3.40. The second kappa shape index (κ2) is 6.52.